The molecule has 1 aliphatic heterocycles. The number of ether oxygens (including phenoxy) is 2. The highest BCUT2D eigenvalue weighted by Gasteiger charge is 2.26. The van der Waals surface area contributed by atoms with E-state index in [9.17, 15) is 0 Å². The van der Waals surface area contributed by atoms with Gasteiger partial charge in [-0.3, -0.25) is 0 Å². The van der Waals surface area contributed by atoms with Gasteiger partial charge >= 0.3 is 0 Å². The van der Waals surface area contributed by atoms with Crippen LogP contribution in [-0.2, 0) is 0 Å². The fraction of sp³-hybridized carbons (Fsp3) is 0.647. The fourth-order valence-electron chi connectivity index (χ4n) is 3.43. The number of hydrogen-bond donors (Lipinski definition) is 1. The molecule has 0 radical (unpaired) electrons. The summed E-state index contributed by atoms with van der Waals surface area (Å²) < 4.78 is 11.7. The zero-order valence-corrected chi connectivity index (χ0v) is 12.5. The van der Waals surface area contributed by atoms with Gasteiger partial charge in [0.2, 0.25) is 0 Å². The summed E-state index contributed by atoms with van der Waals surface area (Å²) in [4.78, 5) is 0. The summed E-state index contributed by atoms with van der Waals surface area (Å²) in [6.45, 7) is 3.64. The van der Waals surface area contributed by atoms with Crippen molar-refractivity contribution in [3.63, 3.8) is 0 Å². The number of hydrogen-bond acceptors (Lipinski definition) is 3. The Morgan fingerprint density at radius 2 is 1.80 bits per heavy atom. The van der Waals surface area contributed by atoms with Crippen LogP contribution in [0.1, 0.15) is 44.2 Å². The summed E-state index contributed by atoms with van der Waals surface area (Å²) in [5, 5.41) is 3.50. The summed E-state index contributed by atoms with van der Waals surface area (Å²) in [5.74, 6) is 2.99. The molecule has 2 unspecified atom stereocenters. The van der Waals surface area contributed by atoms with Gasteiger partial charge in [0, 0.05) is 12.0 Å². The molecule has 0 bridgehead atoms. The molecule has 0 aromatic heterocycles. The Morgan fingerprint density at radius 3 is 2.50 bits per heavy atom. The first-order valence-electron chi connectivity index (χ1n) is 7.84. The van der Waals surface area contributed by atoms with E-state index >= 15 is 0 Å². The highest BCUT2D eigenvalue weighted by molar-refractivity contribution is 5.44. The van der Waals surface area contributed by atoms with E-state index in [4.69, 9.17) is 9.47 Å². The minimum atomic E-state index is 0.437. The van der Waals surface area contributed by atoms with Crippen molar-refractivity contribution in [1.82, 2.24) is 5.32 Å². The van der Waals surface area contributed by atoms with Gasteiger partial charge < -0.3 is 14.8 Å². The average molecular weight is 275 g/mol. The minimum Gasteiger partial charge on any atom is -0.489 e. The Balaban J connectivity index is 1.83. The maximum absolute atomic E-state index is 5.91. The Morgan fingerprint density at radius 1 is 1.10 bits per heavy atom. The fourth-order valence-corrected chi connectivity index (χ4v) is 3.43. The minimum absolute atomic E-state index is 0.437. The van der Waals surface area contributed by atoms with Crippen molar-refractivity contribution in [1.29, 1.82) is 0 Å². The predicted molar refractivity (Wildman–Crippen MR) is 80.4 cm³/mol. The van der Waals surface area contributed by atoms with Crippen molar-refractivity contribution in [2.45, 2.75) is 38.6 Å². The molecule has 1 N–H and O–H groups in total. The molecule has 1 heterocycles. The van der Waals surface area contributed by atoms with E-state index in [0.29, 0.717) is 12.0 Å². The smallest absolute Gasteiger partial charge is 0.161 e. The van der Waals surface area contributed by atoms with Crippen LogP contribution in [0.5, 0.6) is 11.5 Å². The number of nitrogens with one attached hydrogen (secondary N) is 1. The highest BCUT2D eigenvalue weighted by atomic mass is 16.5. The number of rotatable bonds is 3. The van der Waals surface area contributed by atoms with Crippen molar-refractivity contribution in [2.24, 2.45) is 11.8 Å². The van der Waals surface area contributed by atoms with Gasteiger partial charge in [-0.1, -0.05) is 25.8 Å². The van der Waals surface area contributed by atoms with Gasteiger partial charge in [-0.2, -0.15) is 0 Å². The van der Waals surface area contributed by atoms with Crippen molar-refractivity contribution in [3.8, 4) is 11.5 Å². The maximum Gasteiger partial charge on any atom is 0.161 e. The zero-order chi connectivity index (χ0) is 13.9. The van der Waals surface area contributed by atoms with Crippen LogP contribution >= 0.6 is 0 Å². The van der Waals surface area contributed by atoms with Gasteiger partial charge in [0.25, 0.3) is 0 Å². The van der Waals surface area contributed by atoms with E-state index in [1.165, 1.54) is 31.2 Å². The third-order valence-electron chi connectivity index (χ3n) is 4.56. The molecule has 1 aliphatic carbocycles. The normalized spacial score (nSPS) is 24.4. The van der Waals surface area contributed by atoms with Crippen LogP contribution in [0.4, 0.5) is 0 Å². The first kappa shape index (κ1) is 13.7. The second kappa shape index (κ2) is 6.04. The second-order valence-electron chi connectivity index (χ2n) is 6.24. The van der Waals surface area contributed by atoms with Crippen LogP contribution in [0.25, 0.3) is 0 Å². The summed E-state index contributed by atoms with van der Waals surface area (Å²) >= 11 is 0. The molecule has 1 aromatic carbocycles. The Bertz CT molecular complexity index is 454. The first-order valence-corrected chi connectivity index (χ1v) is 7.84. The van der Waals surface area contributed by atoms with Crippen LogP contribution in [0, 0.1) is 11.8 Å². The summed E-state index contributed by atoms with van der Waals surface area (Å²) in [7, 11) is 2.06. The Kier molecular flexibility index (Phi) is 4.16. The van der Waals surface area contributed by atoms with E-state index in [-0.39, 0.29) is 0 Å². The van der Waals surface area contributed by atoms with Gasteiger partial charge in [0.1, 0.15) is 0 Å². The summed E-state index contributed by atoms with van der Waals surface area (Å²) in [5.41, 5.74) is 1.33. The lowest BCUT2D eigenvalue weighted by atomic mass is 9.91. The molecule has 2 aliphatic rings. The molecule has 3 rings (SSSR count). The molecule has 0 spiro atoms. The van der Waals surface area contributed by atoms with Crippen LogP contribution in [0.15, 0.2) is 18.2 Å². The maximum atomic E-state index is 5.91. The van der Waals surface area contributed by atoms with Crippen LogP contribution in [0.2, 0.25) is 0 Å². The van der Waals surface area contributed by atoms with Gasteiger partial charge in [-0.15, -0.1) is 0 Å². The second-order valence-corrected chi connectivity index (χ2v) is 6.24. The van der Waals surface area contributed by atoms with Crippen molar-refractivity contribution in [3.05, 3.63) is 23.8 Å². The number of benzene rings is 1. The van der Waals surface area contributed by atoms with Crippen LogP contribution < -0.4 is 14.8 Å². The van der Waals surface area contributed by atoms with Crippen molar-refractivity contribution < 1.29 is 9.47 Å². The van der Waals surface area contributed by atoms with Crippen LogP contribution in [-0.4, -0.2) is 20.3 Å². The lowest BCUT2D eigenvalue weighted by Gasteiger charge is -2.24. The summed E-state index contributed by atoms with van der Waals surface area (Å²) in [6, 6.07) is 6.87. The molecule has 0 saturated heterocycles. The molecular weight excluding hydrogens is 250 g/mol. The molecule has 1 fully saturated rings. The quantitative estimate of drug-likeness (QED) is 0.915. The van der Waals surface area contributed by atoms with E-state index in [1.807, 2.05) is 0 Å². The highest BCUT2D eigenvalue weighted by Crippen LogP contribution is 2.39. The van der Waals surface area contributed by atoms with Crippen molar-refractivity contribution >= 4 is 0 Å². The average Bonchev–Trinajstić information content (AvgIpc) is 2.92. The zero-order valence-electron chi connectivity index (χ0n) is 12.5. The largest absolute Gasteiger partial charge is 0.489 e. The van der Waals surface area contributed by atoms with Crippen molar-refractivity contribution in [2.75, 3.05) is 20.3 Å². The van der Waals surface area contributed by atoms with Gasteiger partial charge in [0.05, 0.1) is 13.2 Å². The standard InChI is InChI=1S/C17H25NO2/c1-12-10-19-15-8-7-14(9-16(15)20-11-12)17(18-2)13-5-3-4-6-13/h7-9,12-13,17-18H,3-6,10-11H2,1-2H3. The lowest BCUT2D eigenvalue weighted by molar-refractivity contribution is 0.228. The molecule has 20 heavy (non-hydrogen) atoms. The van der Waals surface area contributed by atoms with Gasteiger partial charge in [-0.25, -0.2) is 0 Å². The molecule has 1 saturated carbocycles. The number of fused-ring (bicyclic) bond motifs is 1. The Hall–Kier alpha value is -1.22. The first-order chi connectivity index (χ1) is 9.78. The SMILES string of the molecule is CNC(c1ccc2c(c1)OCC(C)CO2)C1CCCC1. The molecule has 3 heteroatoms. The molecule has 0 amide bonds. The van der Waals surface area contributed by atoms with Gasteiger partial charge in [0.15, 0.2) is 11.5 Å². The molecule has 3 nitrogen and oxygen atoms in total. The Labute approximate surface area is 121 Å². The predicted octanol–water partition coefficient (Wildman–Crippen LogP) is 3.54. The van der Waals surface area contributed by atoms with E-state index in [2.05, 4.69) is 37.5 Å². The van der Waals surface area contributed by atoms with E-state index < -0.39 is 0 Å². The molecule has 110 valence electrons. The summed E-state index contributed by atoms with van der Waals surface area (Å²) in [6.07, 6.45) is 5.39. The molecular formula is C17H25NO2. The van der Waals surface area contributed by atoms with Gasteiger partial charge in [-0.05, 0) is 43.5 Å². The monoisotopic (exact) mass is 275 g/mol. The molecule has 1 aromatic rings. The van der Waals surface area contributed by atoms with Crippen LogP contribution in [0.3, 0.4) is 0 Å². The topological polar surface area (TPSA) is 30.5 Å². The molecule has 2 atom stereocenters. The van der Waals surface area contributed by atoms with E-state index in [1.54, 1.807) is 0 Å². The van der Waals surface area contributed by atoms with E-state index in [0.717, 1.165) is 30.6 Å². The lowest BCUT2D eigenvalue weighted by Crippen LogP contribution is -2.23. The third kappa shape index (κ3) is 2.78. The third-order valence-corrected chi connectivity index (χ3v) is 4.56.